The molecule has 2 amide bonds. The summed E-state index contributed by atoms with van der Waals surface area (Å²) in [6.45, 7) is 0. The summed E-state index contributed by atoms with van der Waals surface area (Å²) in [5.74, 6) is -1.82. The van der Waals surface area contributed by atoms with Gasteiger partial charge in [-0.05, 0) is 46.9 Å². The van der Waals surface area contributed by atoms with Gasteiger partial charge in [0.25, 0.3) is 0 Å². The number of rotatable bonds is 7. The Labute approximate surface area is 213 Å². The minimum absolute atomic E-state index is 0.223. The minimum atomic E-state index is -0.924. The van der Waals surface area contributed by atoms with Gasteiger partial charge in [0, 0.05) is 17.1 Å². The van der Waals surface area contributed by atoms with E-state index in [0.717, 1.165) is 16.3 Å². The largest absolute Gasteiger partial charge is 0.493 e. The highest BCUT2D eigenvalue weighted by Gasteiger charge is 2.14. The molecule has 0 unspecified atom stereocenters. The molecule has 8 heteroatoms. The summed E-state index contributed by atoms with van der Waals surface area (Å²) in [6.07, 6.45) is 4.31. The van der Waals surface area contributed by atoms with Crippen molar-refractivity contribution in [3.63, 3.8) is 0 Å². The van der Waals surface area contributed by atoms with Crippen LogP contribution in [0.3, 0.4) is 0 Å². The fourth-order valence-corrected chi connectivity index (χ4v) is 3.45. The zero-order valence-corrected chi connectivity index (χ0v) is 19.9. The topological polar surface area (TPSA) is 106 Å². The van der Waals surface area contributed by atoms with Gasteiger partial charge < -0.3 is 14.8 Å². The Morgan fingerprint density at radius 2 is 1.54 bits per heavy atom. The van der Waals surface area contributed by atoms with E-state index in [-0.39, 0.29) is 5.75 Å². The predicted octanol–water partition coefficient (Wildman–Crippen LogP) is 4.56. The maximum absolute atomic E-state index is 12.3. The van der Waals surface area contributed by atoms with Gasteiger partial charge >= 0.3 is 17.8 Å². The highest BCUT2D eigenvalue weighted by molar-refractivity contribution is 6.40. The van der Waals surface area contributed by atoms with E-state index < -0.39 is 17.8 Å². The number of fused-ring (bicyclic) bond motifs is 1. The maximum atomic E-state index is 12.3. The third kappa shape index (κ3) is 6.67. The van der Waals surface area contributed by atoms with Crippen LogP contribution in [0.25, 0.3) is 16.8 Å². The van der Waals surface area contributed by atoms with Crippen molar-refractivity contribution >= 4 is 46.5 Å². The first-order chi connectivity index (χ1) is 18.0. The number of ether oxygens (including phenoxy) is 2. The van der Waals surface area contributed by atoms with Crippen LogP contribution in [0, 0.1) is 0 Å². The van der Waals surface area contributed by atoms with Crippen molar-refractivity contribution in [2.24, 2.45) is 5.10 Å². The van der Waals surface area contributed by atoms with Gasteiger partial charge in [-0.3, -0.25) is 9.59 Å². The van der Waals surface area contributed by atoms with Gasteiger partial charge in [-0.2, -0.15) is 5.10 Å². The van der Waals surface area contributed by atoms with Crippen LogP contribution in [0.5, 0.6) is 11.5 Å². The van der Waals surface area contributed by atoms with Gasteiger partial charge in [0.2, 0.25) is 0 Å². The first-order valence-electron chi connectivity index (χ1n) is 11.3. The van der Waals surface area contributed by atoms with Crippen LogP contribution >= 0.6 is 0 Å². The molecule has 2 N–H and O–H groups in total. The number of hydrogen-bond donors (Lipinski definition) is 2. The van der Waals surface area contributed by atoms with Crippen molar-refractivity contribution in [2.45, 2.75) is 0 Å². The number of carbonyl (C=O) groups excluding carboxylic acids is 3. The van der Waals surface area contributed by atoms with Crippen molar-refractivity contribution in [1.82, 2.24) is 5.43 Å². The van der Waals surface area contributed by atoms with E-state index >= 15 is 0 Å². The molecule has 0 aliphatic rings. The maximum Gasteiger partial charge on any atom is 0.336 e. The van der Waals surface area contributed by atoms with Crippen molar-refractivity contribution in [1.29, 1.82) is 0 Å². The second-order valence-electron chi connectivity index (χ2n) is 7.76. The number of benzene rings is 4. The molecule has 0 aliphatic carbocycles. The van der Waals surface area contributed by atoms with Crippen molar-refractivity contribution in [2.75, 3.05) is 12.4 Å². The second kappa shape index (κ2) is 11.9. The quantitative estimate of drug-likeness (QED) is 0.0981. The van der Waals surface area contributed by atoms with Gasteiger partial charge in [0.15, 0.2) is 11.5 Å². The molecule has 0 atom stereocenters. The number of anilines is 1. The lowest BCUT2D eigenvalue weighted by atomic mass is 10.1. The molecule has 0 bridgehead atoms. The normalized spacial score (nSPS) is 10.9. The number of hydrogen-bond acceptors (Lipinski definition) is 6. The first kappa shape index (κ1) is 24.9. The smallest absolute Gasteiger partial charge is 0.336 e. The molecule has 0 aliphatic heterocycles. The van der Waals surface area contributed by atoms with Crippen LogP contribution in [0.2, 0.25) is 0 Å². The fourth-order valence-electron chi connectivity index (χ4n) is 3.45. The molecule has 4 rings (SSSR count). The number of nitrogens with zero attached hydrogens (tertiary/aromatic N) is 1. The summed E-state index contributed by atoms with van der Waals surface area (Å²) in [4.78, 5) is 36.7. The molecule has 0 saturated carbocycles. The molecule has 4 aromatic carbocycles. The van der Waals surface area contributed by atoms with E-state index in [0.29, 0.717) is 17.0 Å². The molecular formula is C29H23N3O5. The summed E-state index contributed by atoms with van der Waals surface area (Å²) < 4.78 is 10.7. The summed E-state index contributed by atoms with van der Waals surface area (Å²) in [7, 11) is 1.44. The molecule has 0 radical (unpaired) electrons. The summed E-state index contributed by atoms with van der Waals surface area (Å²) in [5, 5.41) is 8.19. The fraction of sp³-hybridized carbons (Fsp3) is 0.0345. The SMILES string of the molecule is COc1cc(/C=N/NC(=O)C(=O)Nc2cccc3ccccc23)ccc1OC(=O)/C=C/c1ccccc1. The van der Waals surface area contributed by atoms with Gasteiger partial charge in [-0.25, -0.2) is 10.2 Å². The van der Waals surface area contributed by atoms with Gasteiger partial charge in [-0.1, -0.05) is 66.7 Å². The number of nitrogens with one attached hydrogen (secondary N) is 2. The van der Waals surface area contributed by atoms with Crippen LogP contribution in [0.1, 0.15) is 11.1 Å². The van der Waals surface area contributed by atoms with Crippen LogP contribution in [-0.4, -0.2) is 31.1 Å². The lowest BCUT2D eigenvalue weighted by Gasteiger charge is -2.09. The monoisotopic (exact) mass is 493 g/mol. The van der Waals surface area contributed by atoms with E-state index in [2.05, 4.69) is 15.8 Å². The second-order valence-corrected chi connectivity index (χ2v) is 7.76. The molecule has 0 heterocycles. The van der Waals surface area contributed by atoms with Crippen molar-refractivity contribution < 1.29 is 23.9 Å². The van der Waals surface area contributed by atoms with E-state index in [4.69, 9.17) is 9.47 Å². The Bertz CT molecular complexity index is 1490. The highest BCUT2D eigenvalue weighted by atomic mass is 16.6. The molecule has 0 fully saturated rings. The summed E-state index contributed by atoms with van der Waals surface area (Å²) in [5.41, 5.74) is 4.14. The van der Waals surface area contributed by atoms with Crippen LogP contribution < -0.4 is 20.2 Å². The lowest BCUT2D eigenvalue weighted by molar-refractivity contribution is -0.136. The van der Waals surface area contributed by atoms with Crippen LogP contribution in [-0.2, 0) is 14.4 Å². The molecule has 0 saturated heterocycles. The molecule has 0 spiro atoms. The van der Waals surface area contributed by atoms with Gasteiger partial charge in [0.1, 0.15) is 0 Å². The Kier molecular flexibility index (Phi) is 8.03. The highest BCUT2D eigenvalue weighted by Crippen LogP contribution is 2.28. The van der Waals surface area contributed by atoms with Crippen LogP contribution in [0.15, 0.2) is 102 Å². The number of amides is 2. The third-order valence-electron chi connectivity index (χ3n) is 5.23. The van der Waals surface area contributed by atoms with Crippen molar-refractivity contribution in [3.05, 3.63) is 108 Å². The van der Waals surface area contributed by atoms with E-state index in [1.165, 1.54) is 19.4 Å². The Hall–Kier alpha value is -5.24. The zero-order chi connectivity index (χ0) is 26.0. The molecular weight excluding hydrogens is 470 g/mol. The molecule has 184 valence electrons. The first-order valence-corrected chi connectivity index (χ1v) is 11.3. The zero-order valence-electron chi connectivity index (χ0n) is 19.9. The molecule has 4 aromatic rings. The van der Waals surface area contributed by atoms with Gasteiger partial charge in [-0.15, -0.1) is 0 Å². The number of carbonyl (C=O) groups is 3. The number of esters is 1. The minimum Gasteiger partial charge on any atom is -0.493 e. The van der Waals surface area contributed by atoms with E-state index in [1.54, 1.807) is 36.4 Å². The number of hydrazone groups is 1. The Balaban J connectivity index is 1.35. The standard InChI is InChI=1S/C29H23N3O5/c1-36-26-18-21(14-16-25(26)37-27(33)17-15-20-8-3-2-4-9-20)19-30-32-29(35)28(34)31-24-13-7-11-22-10-5-6-12-23(22)24/h2-19H,1H3,(H,31,34)(H,32,35)/b17-15+,30-19+. The molecule has 37 heavy (non-hydrogen) atoms. The third-order valence-corrected chi connectivity index (χ3v) is 5.23. The van der Waals surface area contributed by atoms with E-state index in [9.17, 15) is 14.4 Å². The van der Waals surface area contributed by atoms with E-state index in [1.807, 2.05) is 60.7 Å². The summed E-state index contributed by atoms with van der Waals surface area (Å²) >= 11 is 0. The molecule has 0 aromatic heterocycles. The predicted molar refractivity (Wildman–Crippen MR) is 142 cm³/mol. The van der Waals surface area contributed by atoms with Crippen molar-refractivity contribution in [3.8, 4) is 11.5 Å². The molecule has 8 nitrogen and oxygen atoms in total. The Morgan fingerprint density at radius 1 is 0.784 bits per heavy atom. The Morgan fingerprint density at radius 3 is 2.35 bits per heavy atom. The average Bonchev–Trinajstić information content (AvgIpc) is 2.93. The summed E-state index contributed by atoms with van der Waals surface area (Å²) in [6, 6.07) is 27.0. The van der Waals surface area contributed by atoms with Gasteiger partial charge in [0.05, 0.1) is 13.3 Å². The average molecular weight is 494 g/mol. The lowest BCUT2D eigenvalue weighted by Crippen LogP contribution is -2.32. The number of methoxy groups -OCH3 is 1. The van der Waals surface area contributed by atoms with Crippen LogP contribution in [0.4, 0.5) is 5.69 Å².